The van der Waals surface area contributed by atoms with Crippen molar-refractivity contribution in [2.24, 2.45) is 0 Å². The molecular formula is C27H30F2. The van der Waals surface area contributed by atoms with Crippen LogP contribution in [0.5, 0.6) is 0 Å². The van der Waals surface area contributed by atoms with Gasteiger partial charge in [0.2, 0.25) is 0 Å². The van der Waals surface area contributed by atoms with Crippen LogP contribution in [0.3, 0.4) is 0 Å². The van der Waals surface area contributed by atoms with Gasteiger partial charge in [0.25, 0.3) is 0 Å². The lowest BCUT2D eigenvalue weighted by molar-refractivity contribution is 0.497. The van der Waals surface area contributed by atoms with Crippen LogP contribution in [0.2, 0.25) is 0 Å². The molecule has 0 unspecified atom stereocenters. The molecule has 0 aromatic heterocycles. The van der Waals surface area contributed by atoms with Gasteiger partial charge in [0.15, 0.2) is 11.6 Å². The second-order valence-electron chi connectivity index (χ2n) is 7.69. The second kappa shape index (κ2) is 10.3. The van der Waals surface area contributed by atoms with Crippen molar-refractivity contribution in [1.29, 1.82) is 0 Å². The lowest BCUT2D eigenvalue weighted by atomic mass is 9.97. The van der Waals surface area contributed by atoms with Gasteiger partial charge in [0.05, 0.1) is 0 Å². The van der Waals surface area contributed by atoms with Crippen molar-refractivity contribution in [3.63, 3.8) is 0 Å². The Kier molecular flexibility index (Phi) is 7.57. The van der Waals surface area contributed by atoms with E-state index in [1.807, 2.05) is 24.3 Å². The third kappa shape index (κ3) is 5.32. The van der Waals surface area contributed by atoms with Crippen molar-refractivity contribution in [3.05, 3.63) is 83.4 Å². The topological polar surface area (TPSA) is 0 Å². The minimum atomic E-state index is -0.740. The van der Waals surface area contributed by atoms with E-state index in [9.17, 15) is 8.78 Å². The zero-order valence-electron chi connectivity index (χ0n) is 17.5. The molecule has 3 aromatic rings. The molecule has 0 atom stereocenters. The predicted octanol–water partition coefficient (Wildman–Crippen LogP) is 8.37. The van der Waals surface area contributed by atoms with Gasteiger partial charge in [-0.25, -0.2) is 8.78 Å². The number of benzene rings is 3. The summed E-state index contributed by atoms with van der Waals surface area (Å²) in [5, 5.41) is 0. The summed E-state index contributed by atoms with van der Waals surface area (Å²) in [7, 11) is 0. The summed E-state index contributed by atoms with van der Waals surface area (Å²) in [6, 6.07) is 19.6. The third-order valence-corrected chi connectivity index (χ3v) is 5.60. The monoisotopic (exact) mass is 392 g/mol. The molecule has 0 saturated carbocycles. The van der Waals surface area contributed by atoms with E-state index in [0.717, 1.165) is 36.8 Å². The third-order valence-electron chi connectivity index (χ3n) is 5.60. The Bertz CT molecular complexity index is 909. The summed E-state index contributed by atoms with van der Waals surface area (Å²) in [5.41, 5.74) is 5.00. The van der Waals surface area contributed by atoms with Gasteiger partial charge in [-0.05, 0) is 47.1 Å². The highest BCUT2D eigenvalue weighted by atomic mass is 19.2. The maximum absolute atomic E-state index is 14.7. The van der Waals surface area contributed by atoms with E-state index in [-0.39, 0.29) is 0 Å². The molecule has 0 nitrogen and oxygen atoms in total. The second-order valence-corrected chi connectivity index (χ2v) is 7.69. The standard InChI is InChI=1S/C27H30F2/c1-3-5-6-7-8-9-24-18-19-25(27(29)26(24)28)23-16-14-22(15-17-23)21-12-10-20(4-2)11-13-21/h10-19H,3-9H2,1-2H3. The minimum absolute atomic E-state index is 0.324. The Morgan fingerprint density at radius 3 is 1.79 bits per heavy atom. The van der Waals surface area contributed by atoms with E-state index < -0.39 is 11.6 Å². The number of rotatable bonds is 9. The normalized spacial score (nSPS) is 11.0. The number of halogens is 2. The summed E-state index contributed by atoms with van der Waals surface area (Å²) >= 11 is 0. The molecule has 152 valence electrons. The van der Waals surface area contributed by atoms with Crippen molar-refractivity contribution in [2.45, 2.75) is 58.8 Å². The highest BCUT2D eigenvalue weighted by Crippen LogP contribution is 2.29. The average Bonchev–Trinajstić information content (AvgIpc) is 2.77. The van der Waals surface area contributed by atoms with Gasteiger partial charge in [-0.3, -0.25) is 0 Å². The first-order valence-corrected chi connectivity index (χ1v) is 10.8. The minimum Gasteiger partial charge on any atom is -0.203 e. The average molecular weight is 393 g/mol. The smallest absolute Gasteiger partial charge is 0.166 e. The van der Waals surface area contributed by atoms with Crippen molar-refractivity contribution in [2.75, 3.05) is 0 Å². The molecule has 0 amide bonds. The van der Waals surface area contributed by atoms with Crippen LogP contribution >= 0.6 is 0 Å². The molecule has 0 aliphatic heterocycles. The van der Waals surface area contributed by atoms with Crippen LogP contribution in [0.15, 0.2) is 60.7 Å². The van der Waals surface area contributed by atoms with Gasteiger partial charge in [-0.2, -0.15) is 0 Å². The molecule has 29 heavy (non-hydrogen) atoms. The Balaban J connectivity index is 1.73. The van der Waals surface area contributed by atoms with E-state index >= 15 is 0 Å². The molecule has 2 heteroatoms. The van der Waals surface area contributed by atoms with Gasteiger partial charge in [-0.15, -0.1) is 0 Å². The first-order valence-electron chi connectivity index (χ1n) is 10.8. The van der Waals surface area contributed by atoms with E-state index in [1.165, 1.54) is 18.4 Å². The van der Waals surface area contributed by atoms with Crippen LogP contribution in [0.1, 0.15) is 57.1 Å². The van der Waals surface area contributed by atoms with E-state index in [2.05, 4.69) is 38.1 Å². The predicted molar refractivity (Wildman–Crippen MR) is 119 cm³/mol. The summed E-state index contributed by atoms with van der Waals surface area (Å²) in [4.78, 5) is 0. The van der Waals surface area contributed by atoms with Gasteiger partial charge in [0, 0.05) is 5.56 Å². The van der Waals surface area contributed by atoms with Gasteiger partial charge in [-0.1, -0.05) is 100 Å². The Hall–Kier alpha value is -2.48. The summed E-state index contributed by atoms with van der Waals surface area (Å²) in [5.74, 6) is -1.44. The summed E-state index contributed by atoms with van der Waals surface area (Å²) < 4.78 is 29.3. The van der Waals surface area contributed by atoms with Crippen molar-refractivity contribution in [3.8, 4) is 22.3 Å². The fourth-order valence-corrected chi connectivity index (χ4v) is 3.70. The van der Waals surface area contributed by atoms with E-state index in [0.29, 0.717) is 23.1 Å². The van der Waals surface area contributed by atoms with Crippen LogP contribution in [-0.2, 0) is 12.8 Å². The molecule has 3 aromatic carbocycles. The van der Waals surface area contributed by atoms with Crippen molar-refractivity contribution >= 4 is 0 Å². The Morgan fingerprint density at radius 2 is 1.17 bits per heavy atom. The molecular weight excluding hydrogens is 362 g/mol. The Labute approximate surface area is 173 Å². The molecule has 0 bridgehead atoms. The fraction of sp³-hybridized carbons (Fsp3) is 0.333. The summed E-state index contributed by atoms with van der Waals surface area (Å²) in [6.45, 7) is 4.30. The number of aryl methyl sites for hydroxylation is 2. The SMILES string of the molecule is CCCCCCCc1ccc(-c2ccc(-c3ccc(CC)cc3)cc2)c(F)c1F. The van der Waals surface area contributed by atoms with E-state index in [1.54, 1.807) is 12.1 Å². The molecule has 0 heterocycles. The van der Waals surface area contributed by atoms with E-state index in [4.69, 9.17) is 0 Å². The van der Waals surface area contributed by atoms with Gasteiger partial charge >= 0.3 is 0 Å². The molecule has 0 aliphatic rings. The summed E-state index contributed by atoms with van der Waals surface area (Å²) in [6.07, 6.45) is 7.12. The zero-order valence-corrected chi connectivity index (χ0v) is 17.5. The van der Waals surface area contributed by atoms with Crippen LogP contribution < -0.4 is 0 Å². The number of unbranched alkanes of at least 4 members (excludes halogenated alkanes) is 4. The van der Waals surface area contributed by atoms with Crippen LogP contribution in [0, 0.1) is 11.6 Å². The lowest BCUT2D eigenvalue weighted by Gasteiger charge is -2.10. The highest BCUT2D eigenvalue weighted by Gasteiger charge is 2.14. The van der Waals surface area contributed by atoms with Gasteiger partial charge < -0.3 is 0 Å². The maximum atomic E-state index is 14.7. The molecule has 0 saturated heterocycles. The first kappa shape index (κ1) is 21.2. The lowest BCUT2D eigenvalue weighted by Crippen LogP contribution is -1.98. The molecule has 0 N–H and O–H groups in total. The molecule has 3 rings (SSSR count). The molecule has 0 fully saturated rings. The van der Waals surface area contributed by atoms with Gasteiger partial charge in [0.1, 0.15) is 0 Å². The number of hydrogen-bond donors (Lipinski definition) is 0. The van der Waals surface area contributed by atoms with Crippen LogP contribution in [0.25, 0.3) is 22.3 Å². The first-order chi connectivity index (χ1) is 14.1. The molecule has 0 spiro atoms. The maximum Gasteiger partial charge on any atom is 0.166 e. The fourth-order valence-electron chi connectivity index (χ4n) is 3.70. The zero-order chi connectivity index (χ0) is 20.6. The highest BCUT2D eigenvalue weighted by molar-refractivity contribution is 5.71. The number of hydrogen-bond acceptors (Lipinski definition) is 0. The Morgan fingerprint density at radius 1 is 0.586 bits per heavy atom. The van der Waals surface area contributed by atoms with Crippen molar-refractivity contribution < 1.29 is 8.78 Å². The van der Waals surface area contributed by atoms with Crippen LogP contribution in [-0.4, -0.2) is 0 Å². The quantitative estimate of drug-likeness (QED) is 0.321. The van der Waals surface area contributed by atoms with Crippen LogP contribution in [0.4, 0.5) is 8.78 Å². The largest absolute Gasteiger partial charge is 0.203 e. The molecule has 0 radical (unpaired) electrons. The molecule has 0 aliphatic carbocycles. The van der Waals surface area contributed by atoms with Crippen molar-refractivity contribution in [1.82, 2.24) is 0 Å².